The van der Waals surface area contributed by atoms with Gasteiger partial charge in [0.15, 0.2) is 0 Å². The zero-order valence-corrected chi connectivity index (χ0v) is 15.7. The lowest BCUT2D eigenvalue weighted by molar-refractivity contribution is 0.116. The number of hydrogen-bond acceptors (Lipinski definition) is 1. The fourth-order valence-corrected chi connectivity index (χ4v) is 5.43. The molecule has 4 unspecified atom stereocenters. The Morgan fingerprint density at radius 3 is 2.54 bits per heavy atom. The summed E-state index contributed by atoms with van der Waals surface area (Å²) in [6.45, 7) is 2.30. The fourth-order valence-electron chi connectivity index (χ4n) is 5.43. The van der Waals surface area contributed by atoms with Crippen LogP contribution in [0.3, 0.4) is 0 Å². The molecule has 3 heteroatoms. The zero-order valence-electron chi connectivity index (χ0n) is 15.7. The first kappa shape index (κ1) is 17.8. The average Bonchev–Trinajstić information content (AvgIpc) is 2.67. The largest absolute Gasteiger partial charge is 0.497 e. The van der Waals surface area contributed by atoms with E-state index < -0.39 is 5.82 Å². The third-order valence-electron chi connectivity index (χ3n) is 6.98. The molecule has 26 heavy (non-hydrogen) atoms. The Kier molecular flexibility index (Phi) is 4.90. The summed E-state index contributed by atoms with van der Waals surface area (Å²) in [5.41, 5.74) is 0.706. The number of fused-ring (bicyclic) bond motifs is 2. The number of hydrogen-bond donors (Lipinski definition) is 0. The molecule has 2 aromatic rings. The van der Waals surface area contributed by atoms with Crippen LogP contribution in [0.25, 0.3) is 10.8 Å². The predicted octanol–water partition coefficient (Wildman–Crippen LogP) is 6.84. The minimum Gasteiger partial charge on any atom is -0.497 e. The second-order valence-corrected chi connectivity index (χ2v) is 8.29. The quantitative estimate of drug-likeness (QED) is 0.584. The Morgan fingerprint density at radius 2 is 1.77 bits per heavy atom. The van der Waals surface area contributed by atoms with Crippen LogP contribution in [0.5, 0.6) is 5.75 Å². The smallest absolute Gasteiger partial charge is 0.137 e. The standard InChI is InChI=1S/C23H28F2O/c1-3-14-4-5-16-11-17(7-6-15(16)10-14)20-9-8-18-12-19(26-2)13-21(24)22(18)23(20)25/h8-9,12-17H,3-7,10-11H2,1-2H3. The molecule has 0 bridgehead atoms. The molecule has 2 saturated carbocycles. The lowest BCUT2D eigenvalue weighted by Crippen LogP contribution is -2.30. The molecule has 2 fully saturated rings. The van der Waals surface area contributed by atoms with Crippen LogP contribution in [0.1, 0.15) is 63.4 Å². The highest BCUT2D eigenvalue weighted by Crippen LogP contribution is 2.49. The van der Waals surface area contributed by atoms with Gasteiger partial charge in [-0.05, 0) is 72.8 Å². The van der Waals surface area contributed by atoms with E-state index in [0.717, 1.165) is 24.7 Å². The molecular formula is C23H28F2O. The summed E-state index contributed by atoms with van der Waals surface area (Å²) in [6, 6.07) is 6.70. The van der Waals surface area contributed by atoms with Gasteiger partial charge in [-0.2, -0.15) is 0 Å². The molecule has 2 aliphatic carbocycles. The summed E-state index contributed by atoms with van der Waals surface area (Å²) >= 11 is 0. The number of ether oxygens (including phenoxy) is 1. The Labute approximate surface area is 154 Å². The van der Waals surface area contributed by atoms with Crippen LogP contribution in [0, 0.1) is 29.4 Å². The van der Waals surface area contributed by atoms with Crippen LogP contribution in [-0.2, 0) is 0 Å². The molecule has 1 nitrogen and oxygen atoms in total. The zero-order chi connectivity index (χ0) is 18.3. The van der Waals surface area contributed by atoms with Gasteiger partial charge in [0.05, 0.1) is 12.5 Å². The number of halogens is 2. The van der Waals surface area contributed by atoms with Gasteiger partial charge in [0.1, 0.15) is 17.4 Å². The molecule has 0 heterocycles. The number of benzene rings is 2. The number of methoxy groups -OCH3 is 1. The highest BCUT2D eigenvalue weighted by molar-refractivity contribution is 5.86. The van der Waals surface area contributed by atoms with E-state index >= 15 is 4.39 Å². The molecule has 0 amide bonds. The molecule has 4 atom stereocenters. The maximum atomic E-state index is 15.2. The van der Waals surface area contributed by atoms with Crippen molar-refractivity contribution in [1.29, 1.82) is 0 Å². The summed E-state index contributed by atoms with van der Waals surface area (Å²) in [6.07, 6.45) is 8.50. The van der Waals surface area contributed by atoms with Crippen molar-refractivity contribution in [3.05, 3.63) is 41.5 Å². The van der Waals surface area contributed by atoms with Crippen LogP contribution in [0.4, 0.5) is 8.78 Å². The van der Waals surface area contributed by atoms with E-state index in [1.54, 1.807) is 6.07 Å². The molecule has 2 aliphatic rings. The van der Waals surface area contributed by atoms with Gasteiger partial charge in [-0.15, -0.1) is 0 Å². The van der Waals surface area contributed by atoms with E-state index in [-0.39, 0.29) is 17.1 Å². The van der Waals surface area contributed by atoms with E-state index in [0.29, 0.717) is 22.6 Å². The Balaban J connectivity index is 1.61. The van der Waals surface area contributed by atoms with Gasteiger partial charge in [-0.25, -0.2) is 8.78 Å². The van der Waals surface area contributed by atoms with E-state index in [9.17, 15) is 4.39 Å². The first-order valence-electron chi connectivity index (χ1n) is 10.1. The van der Waals surface area contributed by atoms with Crippen LogP contribution in [-0.4, -0.2) is 7.11 Å². The third-order valence-corrected chi connectivity index (χ3v) is 6.98. The molecule has 0 aromatic heterocycles. The normalized spacial score (nSPS) is 28.8. The monoisotopic (exact) mass is 358 g/mol. The molecule has 0 radical (unpaired) electrons. The SMILES string of the molecule is CCC1CCC2CC(c3ccc4cc(OC)cc(F)c4c3F)CCC2C1. The topological polar surface area (TPSA) is 9.23 Å². The van der Waals surface area contributed by atoms with E-state index in [1.165, 1.54) is 45.3 Å². The van der Waals surface area contributed by atoms with Crippen molar-refractivity contribution in [2.24, 2.45) is 17.8 Å². The fraction of sp³-hybridized carbons (Fsp3) is 0.565. The van der Waals surface area contributed by atoms with Crippen LogP contribution in [0.15, 0.2) is 24.3 Å². The third kappa shape index (κ3) is 3.10. The number of rotatable bonds is 3. The van der Waals surface area contributed by atoms with Gasteiger partial charge in [0.2, 0.25) is 0 Å². The lowest BCUT2D eigenvalue weighted by atomic mass is 9.63. The van der Waals surface area contributed by atoms with Crippen LogP contribution < -0.4 is 4.74 Å². The highest BCUT2D eigenvalue weighted by atomic mass is 19.1. The Bertz CT molecular complexity index is 800. The van der Waals surface area contributed by atoms with Gasteiger partial charge >= 0.3 is 0 Å². The molecule has 0 saturated heterocycles. The second-order valence-electron chi connectivity index (χ2n) is 8.29. The molecular weight excluding hydrogens is 330 g/mol. The lowest BCUT2D eigenvalue weighted by Gasteiger charge is -2.42. The summed E-state index contributed by atoms with van der Waals surface area (Å²) < 4.78 is 34.8. The summed E-state index contributed by atoms with van der Waals surface area (Å²) in [5, 5.41) is 0.681. The molecule has 0 aliphatic heterocycles. The van der Waals surface area contributed by atoms with Gasteiger partial charge < -0.3 is 4.74 Å². The van der Waals surface area contributed by atoms with Crippen molar-refractivity contribution in [3.8, 4) is 5.75 Å². The predicted molar refractivity (Wildman–Crippen MR) is 102 cm³/mol. The minimum absolute atomic E-state index is 0.111. The molecule has 140 valence electrons. The van der Waals surface area contributed by atoms with Crippen molar-refractivity contribution < 1.29 is 13.5 Å². The molecule has 0 spiro atoms. The summed E-state index contributed by atoms with van der Waals surface area (Å²) in [4.78, 5) is 0. The van der Waals surface area contributed by atoms with Crippen LogP contribution >= 0.6 is 0 Å². The second kappa shape index (κ2) is 7.17. The molecule has 2 aromatic carbocycles. The van der Waals surface area contributed by atoms with Crippen molar-refractivity contribution in [2.75, 3.05) is 7.11 Å². The van der Waals surface area contributed by atoms with Gasteiger partial charge in [-0.1, -0.05) is 31.9 Å². The minimum atomic E-state index is -0.532. The Hall–Kier alpha value is -1.64. The van der Waals surface area contributed by atoms with Crippen LogP contribution in [0.2, 0.25) is 0 Å². The molecule has 0 N–H and O–H groups in total. The van der Waals surface area contributed by atoms with Crippen molar-refractivity contribution in [1.82, 2.24) is 0 Å². The van der Waals surface area contributed by atoms with Gasteiger partial charge in [-0.3, -0.25) is 0 Å². The summed E-state index contributed by atoms with van der Waals surface area (Å²) in [7, 11) is 1.50. The van der Waals surface area contributed by atoms with E-state index in [4.69, 9.17) is 4.74 Å². The maximum absolute atomic E-state index is 15.2. The van der Waals surface area contributed by atoms with Gasteiger partial charge in [0, 0.05) is 6.07 Å². The molecule has 4 rings (SSSR count). The van der Waals surface area contributed by atoms with Crippen molar-refractivity contribution >= 4 is 10.8 Å². The highest BCUT2D eigenvalue weighted by Gasteiger charge is 2.36. The first-order valence-corrected chi connectivity index (χ1v) is 10.1. The van der Waals surface area contributed by atoms with E-state index in [2.05, 4.69) is 6.92 Å². The van der Waals surface area contributed by atoms with Gasteiger partial charge in [0.25, 0.3) is 0 Å². The van der Waals surface area contributed by atoms with Crippen molar-refractivity contribution in [2.45, 2.75) is 57.8 Å². The van der Waals surface area contributed by atoms with Crippen molar-refractivity contribution in [3.63, 3.8) is 0 Å². The summed E-state index contributed by atoms with van der Waals surface area (Å²) in [5.74, 6) is 2.16. The Morgan fingerprint density at radius 1 is 1.00 bits per heavy atom. The maximum Gasteiger partial charge on any atom is 0.137 e. The average molecular weight is 358 g/mol. The van der Waals surface area contributed by atoms with E-state index in [1.807, 2.05) is 12.1 Å². The first-order chi connectivity index (χ1) is 12.6.